The Balaban J connectivity index is 1.85. The maximum Gasteiger partial charge on any atom is 0.227 e. The van der Waals surface area contributed by atoms with Crippen molar-refractivity contribution in [2.75, 3.05) is 43.5 Å². The van der Waals surface area contributed by atoms with Crippen LogP contribution in [0.5, 0.6) is 5.75 Å². The minimum absolute atomic E-state index is 0.651. The minimum Gasteiger partial charge on any atom is -0.495 e. The third kappa shape index (κ3) is 3.99. The van der Waals surface area contributed by atoms with E-state index < -0.39 is 0 Å². The first-order chi connectivity index (χ1) is 12.5. The highest BCUT2D eigenvalue weighted by atomic mass is 35.5. The monoisotopic (exact) mass is 375 g/mol. The van der Waals surface area contributed by atoms with E-state index >= 15 is 0 Å². The van der Waals surface area contributed by atoms with Crippen LogP contribution >= 0.6 is 11.6 Å². The summed E-state index contributed by atoms with van der Waals surface area (Å²) in [4.78, 5) is 23.9. The van der Waals surface area contributed by atoms with Crippen molar-refractivity contribution in [3.63, 3.8) is 0 Å². The van der Waals surface area contributed by atoms with Crippen LogP contribution in [0.1, 0.15) is 11.3 Å². The number of halogens is 1. The molecule has 1 amide bonds. The standard InChI is InChI=1S/C18H22ClN5O2/c1-12-8-15(16(26-3)10-14(12)19)21-17-9-13(2)20-18(22-17)24-6-4-23(11-25)5-7-24/h8-11H,4-7H2,1-3H3,(H,20,21,22). The summed E-state index contributed by atoms with van der Waals surface area (Å²) < 4.78 is 5.41. The third-order valence-electron chi connectivity index (χ3n) is 4.33. The fourth-order valence-electron chi connectivity index (χ4n) is 2.85. The molecule has 1 aliphatic rings. The molecule has 0 spiro atoms. The number of ether oxygens (including phenoxy) is 1. The number of aromatic nitrogens is 2. The van der Waals surface area contributed by atoms with Crippen LogP contribution in [-0.2, 0) is 4.79 Å². The van der Waals surface area contributed by atoms with Crippen molar-refractivity contribution < 1.29 is 9.53 Å². The lowest BCUT2D eigenvalue weighted by Crippen LogP contribution is -2.46. The highest BCUT2D eigenvalue weighted by molar-refractivity contribution is 6.31. The van der Waals surface area contributed by atoms with Crippen molar-refractivity contribution in [1.29, 1.82) is 0 Å². The fourth-order valence-corrected chi connectivity index (χ4v) is 3.01. The number of amides is 1. The first-order valence-electron chi connectivity index (χ1n) is 8.41. The number of benzene rings is 1. The van der Waals surface area contributed by atoms with E-state index in [2.05, 4.69) is 20.2 Å². The number of piperazine rings is 1. The Hall–Kier alpha value is -2.54. The SMILES string of the molecule is COc1cc(Cl)c(C)cc1Nc1cc(C)nc(N2CCN(C=O)CC2)n1. The van der Waals surface area contributed by atoms with E-state index in [1.54, 1.807) is 18.1 Å². The van der Waals surface area contributed by atoms with Crippen molar-refractivity contribution in [1.82, 2.24) is 14.9 Å². The molecule has 0 aliphatic carbocycles. The first kappa shape index (κ1) is 18.3. The zero-order valence-corrected chi connectivity index (χ0v) is 15.9. The first-order valence-corrected chi connectivity index (χ1v) is 8.79. The summed E-state index contributed by atoms with van der Waals surface area (Å²) in [6.45, 7) is 6.65. The van der Waals surface area contributed by atoms with Crippen LogP contribution in [0.25, 0.3) is 0 Å². The number of anilines is 3. The van der Waals surface area contributed by atoms with Gasteiger partial charge in [0.2, 0.25) is 12.4 Å². The lowest BCUT2D eigenvalue weighted by molar-refractivity contribution is -0.118. The summed E-state index contributed by atoms with van der Waals surface area (Å²) in [7, 11) is 1.61. The Kier molecular flexibility index (Phi) is 5.46. The topological polar surface area (TPSA) is 70.6 Å². The molecule has 7 nitrogen and oxygen atoms in total. The van der Waals surface area contributed by atoms with Crippen molar-refractivity contribution >= 4 is 35.5 Å². The van der Waals surface area contributed by atoms with Gasteiger partial charge in [0, 0.05) is 49.0 Å². The quantitative estimate of drug-likeness (QED) is 0.810. The number of aryl methyl sites for hydroxylation is 2. The summed E-state index contributed by atoms with van der Waals surface area (Å²) in [5, 5.41) is 3.96. The van der Waals surface area contributed by atoms with Crippen LogP contribution in [0.4, 0.5) is 17.5 Å². The fraction of sp³-hybridized carbons (Fsp3) is 0.389. The minimum atomic E-state index is 0.651. The number of carbonyl (C=O) groups is 1. The predicted octanol–water partition coefficient (Wildman–Crippen LogP) is 2.78. The van der Waals surface area contributed by atoms with E-state index in [-0.39, 0.29) is 0 Å². The van der Waals surface area contributed by atoms with Gasteiger partial charge in [-0.2, -0.15) is 4.98 Å². The number of hydrogen-bond donors (Lipinski definition) is 1. The summed E-state index contributed by atoms with van der Waals surface area (Å²) in [6.07, 6.45) is 0.885. The normalized spacial score (nSPS) is 14.3. The molecule has 0 saturated carbocycles. The molecule has 1 aliphatic heterocycles. The number of hydrogen-bond acceptors (Lipinski definition) is 6. The number of carbonyl (C=O) groups excluding carboxylic acids is 1. The second-order valence-corrected chi connectivity index (χ2v) is 6.66. The highest BCUT2D eigenvalue weighted by Gasteiger charge is 2.19. The van der Waals surface area contributed by atoms with Gasteiger partial charge in [-0.25, -0.2) is 4.98 Å². The van der Waals surface area contributed by atoms with E-state index in [1.165, 1.54) is 0 Å². The third-order valence-corrected chi connectivity index (χ3v) is 4.74. The van der Waals surface area contributed by atoms with Crippen molar-refractivity contribution in [3.8, 4) is 5.75 Å². The average molecular weight is 376 g/mol. The molecule has 1 aromatic carbocycles. The van der Waals surface area contributed by atoms with Gasteiger partial charge in [0.1, 0.15) is 11.6 Å². The van der Waals surface area contributed by atoms with E-state index in [0.717, 1.165) is 23.4 Å². The molecule has 0 unspecified atom stereocenters. The van der Waals surface area contributed by atoms with Crippen molar-refractivity contribution in [2.45, 2.75) is 13.8 Å². The molecule has 1 saturated heterocycles. The molecule has 8 heteroatoms. The van der Waals surface area contributed by atoms with E-state index in [0.29, 0.717) is 48.7 Å². The Morgan fingerprint density at radius 2 is 1.88 bits per heavy atom. The Labute approximate surface area is 157 Å². The number of nitrogens with zero attached hydrogens (tertiary/aromatic N) is 4. The Morgan fingerprint density at radius 1 is 1.15 bits per heavy atom. The van der Waals surface area contributed by atoms with Gasteiger partial charge in [-0.1, -0.05) is 11.6 Å². The maximum atomic E-state index is 10.9. The largest absolute Gasteiger partial charge is 0.495 e. The molecule has 138 valence electrons. The molecule has 1 aromatic heterocycles. The molecule has 0 atom stereocenters. The van der Waals surface area contributed by atoms with Gasteiger partial charge < -0.3 is 19.9 Å². The molecule has 2 aromatic rings. The van der Waals surface area contributed by atoms with Crippen LogP contribution in [0, 0.1) is 13.8 Å². The van der Waals surface area contributed by atoms with Crippen LogP contribution < -0.4 is 15.0 Å². The van der Waals surface area contributed by atoms with Gasteiger partial charge in [-0.3, -0.25) is 4.79 Å². The van der Waals surface area contributed by atoms with E-state index in [1.807, 2.05) is 26.0 Å². The molecule has 1 N–H and O–H groups in total. The summed E-state index contributed by atoms with van der Waals surface area (Å²) in [5.41, 5.74) is 2.61. The lowest BCUT2D eigenvalue weighted by atomic mass is 10.2. The second-order valence-electron chi connectivity index (χ2n) is 6.25. The number of methoxy groups -OCH3 is 1. The summed E-state index contributed by atoms with van der Waals surface area (Å²) >= 11 is 6.17. The van der Waals surface area contributed by atoms with Crippen molar-refractivity contribution in [3.05, 3.63) is 34.5 Å². The van der Waals surface area contributed by atoms with Crippen LogP contribution in [0.15, 0.2) is 18.2 Å². The predicted molar refractivity (Wildman–Crippen MR) is 103 cm³/mol. The van der Waals surface area contributed by atoms with Crippen molar-refractivity contribution in [2.24, 2.45) is 0 Å². The van der Waals surface area contributed by atoms with Crippen LogP contribution in [0.2, 0.25) is 5.02 Å². The molecular formula is C18H22ClN5O2. The van der Waals surface area contributed by atoms with E-state index in [9.17, 15) is 4.79 Å². The highest BCUT2D eigenvalue weighted by Crippen LogP contribution is 2.33. The smallest absolute Gasteiger partial charge is 0.227 e. The summed E-state index contributed by atoms with van der Waals surface area (Å²) in [6, 6.07) is 5.60. The van der Waals surface area contributed by atoms with E-state index in [4.69, 9.17) is 16.3 Å². The van der Waals surface area contributed by atoms with Gasteiger partial charge in [0.05, 0.1) is 12.8 Å². The zero-order valence-electron chi connectivity index (χ0n) is 15.1. The Bertz CT molecular complexity index is 806. The molecular weight excluding hydrogens is 354 g/mol. The lowest BCUT2D eigenvalue weighted by Gasteiger charge is -2.32. The van der Waals surface area contributed by atoms with Crippen LogP contribution in [-0.4, -0.2) is 54.6 Å². The van der Waals surface area contributed by atoms with Gasteiger partial charge in [0.15, 0.2) is 0 Å². The number of nitrogens with one attached hydrogen (secondary N) is 1. The van der Waals surface area contributed by atoms with Gasteiger partial charge >= 0.3 is 0 Å². The maximum absolute atomic E-state index is 10.9. The summed E-state index contributed by atoms with van der Waals surface area (Å²) in [5.74, 6) is 1.99. The second kappa shape index (κ2) is 7.78. The molecule has 0 radical (unpaired) electrons. The van der Waals surface area contributed by atoms with Gasteiger partial charge in [-0.15, -0.1) is 0 Å². The number of rotatable bonds is 5. The molecule has 3 rings (SSSR count). The molecule has 2 heterocycles. The van der Waals surface area contributed by atoms with Gasteiger partial charge in [-0.05, 0) is 25.5 Å². The molecule has 1 fully saturated rings. The zero-order chi connectivity index (χ0) is 18.7. The average Bonchev–Trinajstić information content (AvgIpc) is 2.64. The van der Waals surface area contributed by atoms with Gasteiger partial charge in [0.25, 0.3) is 0 Å². The van der Waals surface area contributed by atoms with Crippen LogP contribution in [0.3, 0.4) is 0 Å². The molecule has 26 heavy (non-hydrogen) atoms. The molecule has 0 bridgehead atoms. The Morgan fingerprint density at radius 3 is 2.54 bits per heavy atom.